The first-order valence-corrected chi connectivity index (χ1v) is 13.0. The summed E-state index contributed by atoms with van der Waals surface area (Å²) < 4.78 is 32.3. The van der Waals surface area contributed by atoms with E-state index in [0.29, 0.717) is 38.4 Å². The fourth-order valence-electron chi connectivity index (χ4n) is 5.07. The number of carbonyl (C=O) groups is 1. The molecule has 1 N–H and O–H groups in total. The van der Waals surface area contributed by atoms with Crippen LogP contribution in [0.1, 0.15) is 56.9 Å². The van der Waals surface area contributed by atoms with Gasteiger partial charge in [0, 0.05) is 36.7 Å². The Balaban J connectivity index is 1.45. The highest BCUT2D eigenvalue weighted by Gasteiger charge is 2.39. The number of nitrogens with one attached hydrogen (secondary N) is 1. The highest BCUT2D eigenvalue weighted by atomic mass is 32.2. The molecule has 1 aromatic carbocycles. The van der Waals surface area contributed by atoms with Crippen molar-refractivity contribution in [2.75, 3.05) is 32.5 Å². The number of hydrogen-bond donors (Lipinski definition) is 1. The molecular formula is C23H33N3O4S. The number of sulfonamides is 1. The van der Waals surface area contributed by atoms with E-state index in [2.05, 4.69) is 17.2 Å². The van der Waals surface area contributed by atoms with E-state index in [1.807, 2.05) is 24.0 Å². The summed E-state index contributed by atoms with van der Waals surface area (Å²) in [6.45, 7) is 3.66. The van der Waals surface area contributed by atoms with Crippen molar-refractivity contribution in [1.82, 2.24) is 14.2 Å². The molecule has 7 nitrogen and oxygen atoms in total. The molecule has 1 unspecified atom stereocenters. The van der Waals surface area contributed by atoms with Crippen LogP contribution in [0, 0.1) is 0 Å². The number of aromatic amines is 1. The number of ether oxygens (including phenoxy) is 1. The van der Waals surface area contributed by atoms with E-state index >= 15 is 0 Å². The average molecular weight is 448 g/mol. The molecule has 0 spiro atoms. The fraction of sp³-hybridized carbons (Fsp3) is 0.609. The second kappa shape index (κ2) is 9.20. The first kappa shape index (κ1) is 22.1. The van der Waals surface area contributed by atoms with Gasteiger partial charge in [-0.25, -0.2) is 8.42 Å². The molecule has 2 fully saturated rings. The summed E-state index contributed by atoms with van der Waals surface area (Å²) in [5, 5.41) is 1.17. The van der Waals surface area contributed by atoms with Crippen LogP contribution in [0.15, 0.2) is 24.4 Å². The van der Waals surface area contributed by atoms with E-state index in [0.717, 1.165) is 36.9 Å². The third-order valence-corrected chi connectivity index (χ3v) is 8.80. The van der Waals surface area contributed by atoms with Gasteiger partial charge < -0.3 is 14.6 Å². The maximum Gasteiger partial charge on any atom is 0.241 e. The molecule has 2 saturated heterocycles. The predicted molar refractivity (Wildman–Crippen MR) is 122 cm³/mol. The molecule has 8 heteroatoms. The number of aromatic nitrogens is 1. The van der Waals surface area contributed by atoms with Crippen LogP contribution in [0.2, 0.25) is 0 Å². The molecule has 2 aliphatic heterocycles. The highest BCUT2D eigenvalue weighted by Crippen LogP contribution is 2.35. The topological polar surface area (TPSA) is 82.7 Å². The highest BCUT2D eigenvalue weighted by molar-refractivity contribution is 7.89. The van der Waals surface area contributed by atoms with Crippen molar-refractivity contribution < 1.29 is 17.9 Å². The lowest BCUT2D eigenvalue weighted by atomic mass is 9.88. The number of carbonyl (C=O) groups excluding carboxylic acids is 1. The Hall–Kier alpha value is -2.06. The molecule has 4 rings (SSSR count). The number of nitrogens with zero attached hydrogens (tertiary/aromatic N) is 2. The maximum atomic E-state index is 13.3. The van der Waals surface area contributed by atoms with E-state index in [1.165, 1.54) is 15.3 Å². The number of amides is 1. The third-order valence-electron chi connectivity index (χ3n) is 6.73. The van der Waals surface area contributed by atoms with Gasteiger partial charge >= 0.3 is 0 Å². The Bertz CT molecular complexity index is 1020. The summed E-state index contributed by atoms with van der Waals surface area (Å²) in [4.78, 5) is 18.5. The SMILES string of the molecule is CCCS(=O)(=O)N1CCCCC1C(=O)N1CCC(c2c[nH]c3ccc(OC)cc23)CC1. The number of piperidine rings is 2. The number of fused-ring (bicyclic) bond motifs is 1. The van der Waals surface area contributed by atoms with Gasteiger partial charge in [-0.05, 0) is 61.8 Å². The lowest BCUT2D eigenvalue weighted by molar-refractivity contribution is -0.137. The second-order valence-electron chi connectivity index (χ2n) is 8.69. The summed E-state index contributed by atoms with van der Waals surface area (Å²) >= 11 is 0. The summed E-state index contributed by atoms with van der Waals surface area (Å²) in [5.74, 6) is 1.31. The van der Waals surface area contributed by atoms with Crippen molar-refractivity contribution >= 4 is 26.8 Å². The van der Waals surface area contributed by atoms with Crippen LogP contribution in [0.5, 0.6) is 5.75 Å². The molecule has 1 aromatic heterocycles. The predicted octanol–water partition coefficient (Wildman–Crippen LogP) is 3.48. The fourth-order valence-corrected chi connectivity index (χ4v) is 6.81. The lowest BCUT2D eigenvalue weighted by Crippen LogP contribution is -2.54. The van der Waals surface area contributed by atoms with Gasteiger partial charge in [0.2, 0.25) is 15.9 Å². The van der Waals surface area contributed by atoms with Crippen LogP contribution in [-0.4, -0.2) is 67.1 Å². The summed E-state index contributed by atoms with van der Waals surface area (Å²) in [6, 6.07) is 5.52. The van der Waals surface area contributed by atoms with Crippen LogP contribution in [-0.2, 0) is 14.8 Å². The van der Waals surface area contributed by atoms with Crippen LogP contribution >= 0.6 is 0 Å². The molecule has 0 aliphatic carbocycles. The van der Waals surface area contributed by atoms with Crippen LogP contribution < -0.4 is 4.74 Å². The minimum Gasteiger partial charge on any atom is -0.497 e. The number of H-pyrrole nitrogens is 1. The average Bonchev–Trinajstić information content (AvgIpc) is 3.22. The second-order valence-corrected chi connectivity index (χ2v) is 10.7. The smallest absolute Gasteiger partial charge is 0.241 e. The van der Waals surface area contributed by atoms with Gasteiger partial charge in [0.05, 0.1) is 12.9 Å². The van der Waals surface area contributed by atoms with Crippen LogP contribution in [0.25, 0.3) is 10.9 Å². The number of rotatable bonds is 6. The molecule has 3 heterocycles. The molecule has 1 atom stereocenters. The maximum absolute atomic E-state index is 13.3. The van der Waals surface area contributed by atoms with Gasteiger partial charge in [-0.2, -0.15) is 4.31 Å². The van der Waals surface area contributed by atoms with Gasteiger partial charge in [-0.3, -0.25) is 4.79 Å². The molecule has 1 amide bonds. The minimum absolute atomic E-state index is 0.0153. The first-order valence-electron chi connectivity index (χ1n) is 11.4. The Labute approximate surface area is 184 Å². The summed E-state index contributed by atoms with van der Waals surface area (Å²) in [5.41, 5.74) is 2.36. The molecule has 170 valence electrons. The van der Waals surface area contributed by atoms with Crippen molar-refractivity contribution in [1.29, 1.82) is 0 Å². The standard InChI is InChI=1S/C23H33N3O4S/c1-3-14-31(28,29)26-11-5-4-6-22(26)23(27)25-12-9-17(10-13-25)20-16-24-21-8-7-18(30-2)15-19(20)21/h7-8,15-17,22,24H,3-6,9-14H2,1-2H3. The molecule has 0 saturated carbocycles. The van der Waals surface area contributed by atoms with Crippen LogP contribution in [0.3, 0.4) is 0 Å². The first-order chi connectivity index (χ1) is 14.9. The number of hydrogen-bond acceptors (Lipinski definition) is 4. The van der Waals surface area contributed by atoms with Crippen molar-refractivity contribution in [3.05, 3.63) is 30.0 Å². The van der Waals surface area contributed by atoms with E-state index in [9.17, 15) is 13.2 Å². The molecular weight excluding hydrogens is 414 g/mol. The zero-order valence-electron chi connectivity index (χ0n) is 18.5. The van der Waals surface area contributed by atoms with Gasteiger partial charge in [-0.15, -0.1) is 0 Å². The molecule has 31 heavy (non-hydrogen) atoms. The van der Waals surface area contributed by atoms with E-state index in [1.54, 1.807) is 7.11 Å². The van der Waals surface area contributed by atoms with E-state index < -0.39 is 16.1 Å². The monoisotopic (exact) mass is 447 g/mol. The number of methoxy groups -OCH3 is 1. The Morgan fingerprint density at radius 2 is 1.94 bits per heavy atom. The van der Waals surface area contributed by atoms with Crippen molar-refractivity contribution in [3.63, 3.8) is 0 Å². The van der Waals surface area contributed by atoms with Gasteiger partial charge in [0.15, 0.2) is 0 Å². The van der Waals surface area contributed by atoms with Gasteiger partial charge in [0.1, 0.15) is 11.8 Å². The van der Waals surface area contributed by atoms with E-state index in [4.69, 9.17) is 4.74 Å². The number of benzene rings is 1. The normalized spacial score (nSPS) is 21.5. The van der Waals surface area contributed by atoms with Gasteiger partial charge in [-0.1, -0.05) is 13.3 Å². The number of likely N-dealkylation sites (tertiary alicyclic amines) is 1. The van der Waals surface area contributed by atoms with Crippen molar-refractivity contribution in [2.24, 2.45) is 0 Å². The Kier molecular flexibility index (Phi) is 6.57. The largest absolute Gasteiger partial charge is 0.497 e. The summed E-state index contributed by atoms with van der Waals surface area (Å²) in [7, 11) is -1.70. The molecule has 2 aromatic rings. The minimum atomic E-state index is -3.37. The molecule has 2 aliphatic rings. The Morgan fingerprint density at radius 1 is 1.16 bits per heavy atom. The molecule has 0 bridgehead atoms. The quantitative estimate of drug-likeness (QED) is 0.735. The van der Waals surface area contributed by atoms with E-state index in [-0.39, 0.29) is 11.7 Å². The van der Waals surface area contributed by atoms with Gasteiger partial charge in [0.25, 0.3) is 0 Å². The summed E-state index contributed by atoms with van der Waals surface area (Å²) in [6.07, 6.45) is 6.77. The molecule has 0 radical (unpaired) electrons. The van der Waals surface area contributed by atoms with Crippen molar-refractivity contribution in [3.8, 4) is 5.75 Å². The zero-order chi connectivity index (χ0) is 22.0. The zero-order valence-corrected chi connectivity index (χ0v) is 19.3. The third kappa shape index (κ3) is 4.46. The van der Waals surface area contributed by atoms with Crippen molar-refractivity contribution in [2.45, 2.75) is 57.4 Å². The Morgan fingerprint density at radius 3 is 2.65 bits per heavy atom. The lowest BCUT2D eigenvalue weighted by Gasteiger charge is -2.39. The van der Waals surface area contributed by atoms with Crippen LogP contribution in [0.4, 0.5) is 0 Å².